The minimum absolute atomic E-state index is 0.228. The summed E-state index contributed by atoms with van der Waals surface area (Å²) in [6.07, 6.45) is 2.24. The van der Waals surface area contributed by atoms with Gasteiger partial charge in [0.2, 0.25) is 0 Å². The third-order valence-corrected chi connectivity index (χ3v) is 4.05. The van der Waals surface area contributed by atoms with E-state index in [4.69, 9.17) is 16.7 Å². The number of carbonyl (C=O) groups is 2. The fourth-order valence-electron chi connectivity index (χ4n) is 2.00. The van der Waals surface area contributed by atoms with Crippen molar-refractivity contribution < 1.29 is 14.7 Å². The molecule has 0 unspecified atom stereocenters. The summed E-state index contributed by atoms with van der Waals surface area (Å²) in [5.41, 5.74) is 0. The van der Waals surface area contributed by atoms with E-state index in [1.54, 1.807) is 12.1 Å². The summed E-state index contributed by atoms with van der Waals surface area (Å²) in [6, 6.07) is 2.60. The maximum Gasteiger partial charge on any atom is 0.326 e. The Hall–Kier alpha value is -1.07. The minimum Gasteiger partial charge on any atom is -0.480 e. The second kappa shape index (κ2) is 5.06. The Morgan fingerprint density at radius 2 is 2.18 bits per heavy atom. The molecule has 1 aromatic rings. The Morgan fingerprint density at radius 3 is 2.76 bits per heavy atom. The van der Waals surface area contributed by atoms with Gasteiger partial charge < -0.3 is 10.0 Å². The first-order chi connectivity index (χ1) is 8.09. The lowest BCUT2D eigenvalue weighted by Crippen LogP contribution is -2.47. The molecule has 6 heteroatoms. The largest absolute Gasteiger partial charge is 0.480 e. The smallest absolute Gasteiger partial charge is 0.326 e. The van der Waals surface area contributed by atoms with Gasteiger partial charge in [0.05, 0.1) is 9.21 Å². The maximum atomic E-state index is 12.1. The lowest BCUT2D eigenvalue weighted by molar-refractivity contribution is -0.143. The van der Waals surface area contributed by atoms with Crippen LogP contribution in [-0.4, -0.2) is 34.5 Å². The van der Waals surface area contributed by atoms with Crippen molar-refractivity contribution in [1.29, 1.82) is 0 Å². The van der Waals surface area contributed by atoms with Gasteiger partial charge in [0, 0.05) is 6.54 Å². The molecule has 17 heavy (non-hydrogen) atoms. The van der Waals surface area contributed by atoms with Crippen LogP contribution in [0.5, 0.6) is 0 Å². The molecule has 1 aliphatic heterocycles. The standard InChI is InChI=1S/C11H12ClNO3S/c12-9-5-4-8(17-9)10(14)13-6-2-1-3-7(13)11(15)16/h4-5,7H,1-3,6H2,(H,15,16)/t7-/m1/s1. The second-order valence-corrected chi connectivity index (χ2v) is 5.67. The van der Waals surface area contributed by atoms with E-state index in [1.165, 1.54) is 16.2 Å². The fraction of sp³-hybridized carbons (Fsp3) is 0.455. The van der Waals surface area contributed by atoms with Crippen LogP contribution in [0.2, 0.25) is 4.34 Å². The Kier molecular flexibility index (Phi) is 3.69. The molecule has 0 saturated carbocycles. The van der Waals surface area contributed by atoms with Crippen molar-refractivity contribution in [2.24, 2.45) is 0 Å². The summed E-state index contributed by atoms with van der Waals surface area (Å²) >= 11 is 6.96. The molecule has 4 nitrogen and oxygen atoms in total. The number of thiophene rings is 1. The number of hydrogen-bond acceptors (Lipinski definition) is 3. The first kappa shape index (κ1) is 12.4. The molecule has 0 aromatic carbocycles. The van der Waals surface area contributed by atoms with Crippen molar-refractivity contribution in [3.63, 3.8) is 0 Å². The summed E-state index contributed by atoms with van der Waals surface area (Å²) < 4.78 is 0.539. The Labute approximate surface area is 108 Å². The van der Waals surface area contributed by atoms with Crippen LogP contribution >= 0.6 is 22.9 Å². The highest BCUT2D eigenvalue weighted by atomic mass is 35.5. The van der Waals surface area contributed by atoms with E-state index in [9.17, 15) is 9.59 Å². The number of halogens is 1. The number of carboxylic acids is 1. The van der Waals surface area contributed by atoms with Gasteiger partial charge in [-0.05, 0) is 31.4 Å². The Bertz CT molecular complexity index is 446. The van der Waals surface area contributed by atoms with E-state index >= 15 is 0 Å². The van der Waals surface area contributed by atoms with Gasteiger partial charge in [-0.3, -0.25) is 4.79 Å². The van der Waals surface area contributed by atoms with E-state index in [0.29, 0.717) is 22.2 Å². The number of likely N-dealkylation sites (tertiary alicyclic amines) is 1. The predicted octanol–water partition coefficient (Wildman–Crippen LogP) is 2.48. The number of hydrogen-bond donors (Lipinski definition) is 1. The summed E-state index contributed by atoms with van der Waals surface area (Å²) in [7, 11) is 0. The molecule has 1 N–H and O–H groups in total. The lowest BCUT2D eigenvalue weighted by atomic mass is 10.0. The third-order valence-electron chi connectivity index (χ3n) is 2.83. The molecule has 2 heterocycles. The molecule has 1 aliphatic rings. The molecule has 1 aromatic heterocycles. The predicted molar refractivity (Wildman–Crippen MR) is 65.6 cm³/mol. The van der Waals surface area contributed by atoms with Crippen LogP contribution in [-0.2, 0) is 4.79 Å². The van der Waals surface area contributed by atoms with E-state index < -0.39 is 12.0 Å². The van der Waals surface area contributed by atoms with Gasteiger partial charge in [-0.15, -0.1) is 11.3 Å². The van der Waals surface area contributed by atoms with Crippen LogP contribution in [0.15, 0.2) is 12.1 Å². The van der Waals surface area contributed by atoms with Crippen molar-refractivity contribution >= 4 is 34.8 Å². The Morgan fingerprint density at radius 1 is 1.41 bits per heavy atom. The highest BCUT2D eigenvalue weighted by molar-refractivity contribution is 7.17. The number of nitrogens with zero attached hydrogens (tertiary/aromatic N) is 1. The van der Waals surface area contributed by atoms with Crippen LogP contribution < -0.4 is 0 Å². The van der Waals surface area contributed by atoms with Gasteiger partial charge >= 0.3 is 5.97 Å². The molecule has 0 spiro atoms. The zero-order valence-corrected chi connectivity index (χ0v) is 10.6. The molecule has 1 atom stereocenters. The van der Waals surface area contributed by atoms with Crippen molar-refractivity contribution in [2.45, 2.75) is 25.3 Å². The SMILES string of the molecule is O=C(O)[C@H]1CCCCN1C(=O)c1ccc(Cl)s1. The maximum absolute atomic E-state index is 12.1. The summed E-state index contributed by atoms with van der Waals surface area (Å²) in [6.45, 7) is 0.505. The first-order valence-corrected chi connectivity index (χ1v) is 6.58. The van der Waals surface area contributed by atoms with Crippen LogP contribution in [0.3, 0.4) is 0 Å². The second-order valence-electron chi connectivity index (χ2n) is 3.95. The van der Waals surface area contributed by atoms with Gasteiger partial charge in [0.25, 0.3) is 5.91 Å². The summed E-state index contributed by atoms with van der Waals surface area (Å²) in [5, 5.41) is 9.09. The van der Waals surface area contributed by atoms with Gasteiger partial charge in [-0.1, -0.05) is 11.6 Å². The summed E-state index contributed by atoms with van der Waals surface area (Å²) in [5.74, 6) is -1.16. The molecule has 1 saturated heterocycles. The lowest BCUT2D eigenvalue weighted by Gasteiger charge is -2.32. The normalized spacial score (nSPS) is 20.3. The van der Waals surface area contributed by atoms with Gasteiger partial charge in [-0.2, -0.15) is 0 Å². The van der Waals surface area contributed by atoms with E-state index in [-0.39, 0.29) is 5.91 Å². The van der Waals surface area contributed by atoms with Gasteiger partial charge in [0.15, 0.2) is 0 Å². The fourth-order valence-corrected chi connectivity index (χ4v) is 3.00. The third kappa shape index (κ3) is 2.61. The molecular formula is C11H12ClNO3S. The van der Waals surface area contributed by atoms with Crippen LogP contribution in [0.1, 0.15) is 28.9 Å². The highest BCUT2D eigenvalue weighted by Crippen LogP contribution is 2.26. The minimum atomic E-state index is -0.930. The number of rotatable bonds is 2. The van der Waals surface area contributed by atoms with E-state index in [1.807, 2.05) is 0 Å². The molecular weight excluding hydrogens is 262 g/mol. The number of aliphatic carboxylic acids is 1. The van der Waals surface area contributed by atoms with Crippen LogP contribution in [0, 0.1) is 0 Å². The number of carboxylic acid groups (broad SMARTS) is 1. The molecule has 1 amide bonds. The van der Waals surface area contributed by atoms with Gasteiger partial charge in [0.1, 0.15) is 6.04 Å². The summed E-state index contributed by atoms with van der Waals surface area (Å²) in [4.78, 5) is 25.2. The Balaban J connectivity index is 2.19. The number of amides is 1. The molecule has 0 bridgehead atoms. The van der Waals surface area contributed by atoms with Gasteiger partial charge in [-0.25, -0.2) is 4.79 Å². The number of carbonyl (C=O) groups excluding carboxylic acids is 1. The average Bonchev–Trinajstić information content (AvgIpc) is 2.75. The zero-order valence-electron chi connectivity index (χ0n) is 9.06. The van der Waals surface area contributed by atoms with Crippen molar-refractivity contribution in [3.8, 4) is 0 Å². The van der Waals surface area contributed by atoms with Crippen molar-refractivity contribution in [1.82, 2.24) is 4.90 Å². The highest BCUT2D eigenvalue weighted by Gasteiger charge is 2.32. The van der Waals surface area contributed by atoms with Crippen molar-refractivity contribution in [3.05, 3.63) is 21.3 Å². The molecule has 0 aliphatic carbocycles. The average molecular weight is 274 g/mol. The van der Waals surface area contributed by atoms with Crippen LogP contribution in [0.4, 0.5) is 0 Å². The van der Waals surface area contributed by atoms with Crippen LogP contribution in [0.25, 0.3) is 0 Å². The monoisotopic (exact) mass is 273 g/mol. The first-order valence-electron chi connectivity index (χ1n) is 5.38. The molecule has 1 fully saturated rings. The topological polar surface area (TPSA) is 57.6 Å². The molecule has 2 rings (SSSR count). The molecule has 92 valence electrons. The van der Waals surface area contributed by atoms with E-state index in [0.717, 1.165) is 12.8 Å². The molecule has 0 radical (unpaired) electrons. The zero-order chi connectivity index (χ0) is 12.4. The quantitative estimate of drug-likeness (QED) is 0.901. The number of piperidine rings is 1. The van der Waals surface area contributed by atoms with Crippen molar-refractivity contribution in [2.75, 3.05) is 6.54 Å². The van der Waals surface area contributed by atoms with E-state index in [2.05, 4.69) is 0 Å².